The van der Waals surface area contributed by atoms with Gasteiger partial charge in [-0.25, -0.2) is 4.39 Å². The lowest BCUT2D eigenvalue weighted by molar-refractivity contribution is -0.0683. The van der Waals surface area contributed by atoms with Crippen molar-refractivity contribution in [2.24, 2.45) is 5.92 Å². The van der Waals surface area contributed by atoms with Crippen molar-refractivity contribution in [3.8, 4) is 0 Å². The molecule has 0 radical (unpaired) electrons. The maximum absolute atomic E-state index is 13.1. The molecule has 0 saturated carbocycles. The van der Waals surface area contributed by atoms with Crippen LogP contribution in [0.3, 0.4) is 0 Å². The van der Waals surface area contributed by atoms with Crippen molar-refractivity contribution in [3.63, 3.8) is 0 Å². The van der Waals surface area contributed by atoms with Gasteiger partial charge in [0.2, 0.25) is 0 Å². The van der Waals surface area contributed by atoms with Crippen LogP contribution in [0.15, 0.2) is 24.3 Å². The predicted octanol–water partition coefficient (Wildman–Crippen LogP) is 3.06. The quantitative estimate of drug-likeness (QED) is 0.838. The monoisotopic (exact) mass is 333 g/mol. The molecule has 1 aromatic rings. The molecule has 2 saturated heterocycles. The molecular weight excluding hydrogens is 301 g/mol. The predicted molar refractivity (Wildman–Crippen MR) is 97.5 cm³/mol. The standard InChI is InChI=1S/C20H32FN3/c1-16(2)11-23-14-19-13-22(9-10-24(19)20(3,4)15-23)12-17-5-7-18(21)8-6-17/h5-8,16,19H,9-15H2,1-4H3/t19-/m0/s1. The number of hydrogen-bond acceptors (Lipinski definition) is 3. The van der Waals surface area contributed by atoms with Gasteiger partial charge in [-0.3, -0.25) is 14.7 Å². The van der Waals surface area contributed by atoms with Crippen LogP contribution in [0.25, 0.3) is 0 Å². The van der Waals surface area contributed by atoms with Crippen LogP contribution >= 0.6 is 0 Å². The Balaban J connectivity index is 1.64. The molecule has 2 aliphatic rings. The maximum atomic E-state index is 13.1. The summed E-state index contributed by atoms with van der Waals surface area (Å²) < 4.78 is 13.1. The summed E-state index contributed by atoms with van der Waals surface area (Å²) in [5, 5.41) is 0. The van der Waals surface area contributed by atoms with Crippen LogP contribution in [0.2, 0.25) is 0 Å². The van der Waals surface area contributed by atoms with E-state index in [0.717, 1.165) is 26.2 Å². The van der Waals surface area contributed by atoms with Crippen molar-refractivity contribution in [2.45, 2.75) is 45.8 Å². The molecule has 1 atom stereocenters. The number of halogens is 1. The molecule has 24 heavy (non-hydrogen) atoms. The summed E-state index contributed by atoms with van der Waals surface area (Å²) in [7, 11) is 0. The Morgan fingerprint density at radius 3 is 2.42 bits per heavy atom. The van der Waals surface area contributed by atoms with Gasteiger partial charge in [0.25, 0.3) is 0 Å². The van der Waals surface area contributed by atoms with Crippen LogP contribution in [0, 0.1) is 11.7 Å². The van der Waals surface area contributed by atoms with E-state index in [9.17, 15) is 4.39 Å². The third-order valence-electron chi connectivity index (χ3n) is 5.37. The summed E-state index contributed by atoms with van der Waals surface area (Å²) >= 11 is 0. The highest BCUT2D eigenvalue weighted by molar-refractivity contribution is 5.16. The molecule has 134 valence electrons. The molecule has 2 heterocycles. The Labute approximate surface area is 146 Å². The molecule has 0 bridgehead atoms. The first-order chi connectivity index (χ1) is 11.3. The van der Waals surface area contributed by atoms with E-state index < -0.39 is 0 Å². The van der Waals surface area contributed by atoms with Gasteiger partial charge in [-0.05, 0) is 37.5 Å². The average molecular weight is 333 g/mol. The van der Waals surface area contributed by atoms with Gasteiger partial charge in [0.15, 0.2) is 0 Å². The second-order valence-electron chi connectivity index (χ2n) is 8.61. The van der Waals surface area contributed by atoms with Gasteiger partial charge in [-0.15, -0.1) is 0 Å². The topological polar surface area (TPSA) is 9.72 Å². The van der Waals surface area contributed by atoms with Crippen LogP contribution in [0.5, 0.6) is 0 Å². The van der Waals surface area contributed by atoms with Gasteiger partial charge in [0, 0.05) is 57.4 Å². The minimum Gasteiger partial charge on any atom is -0.300 e. The van der Waals surface area contributed by atoms with Crippen molar-refractivity contribution in [1.29, 1.82) is 0 Å². The second kappa shape index (κ2) is 7.11. The highest BCUT2D eigenvalue weighted by Crippen LogP contribution is 2.29. The van der Waals surface area contributed by atoms with Crippen LogP contribution in [0.4, 0.5) is 4.39 Å². The molecule has 2 fully saturated rings. The van der Waals surface area contributed by atoms with Crippen molar-refractivity contribution in [3.05, 3.63) is 35.6 Å². The largest absolute Gasteiger partial charge is 0.300 e. The average Bonchev–Trinajstić information content (AvgIpc) is 2.48. The SMILES string of the molecule is CC(C)CN1C[C@@H]2CN(Cc3ccc(F)cc3)CCN2C(C)(C)C1. The lowest BCUT2D eigenvalue weighted by atomic mass is 9.92. The Bertz CT molecular complexity index is 540. The van der Waals surface area contributed by atoms with E-state index >= 15 is 0 Å². The molecular formula is C20H32FN3. The highest BCUT2D eigenvalue weighted by Gasteiger charge is 2.42. The highest BCUT2D eigenvalue weighted by atomic mass is 19.1. The second-order valence-corrected chi connectivity index (χ2v) is 8.61. The van der Waals surface area contributed by atoms with Crippen LogP contribution in [-0.2, 0) is 6.54 Å². The van der Waals surface area contributed by atoms with Crippen molar-refractivity contribution >= 4 is 0 Å². The van der Waals surface area contributed by atoms with E-state index in [1.807, 2.05) is 12.1 Å². The fraction of sp³-hybridized carbons (Fsp3) is 0.700. The zero-order chi connectivity index (χ0) is 17.3. The van der Waals surface area contributed by atoms with Crippen LogP contribution in [-0.4, -0.2) is 65.5 Å². The molecule has 0 unspecified atom stereocenters. The minimum atomic E-state index is -0.151. The summed E-state index contributed by atoms with van der Waals surface area (Å²) in [5.41, 5.74) is 1.46. The fourth-order valence-corrected chi connectivity index (χ4v) is 4.52. The fourth-order valence-electron chi connectivity index (χ4n) is 4.52. The Kier molecular flexibility index (Phi) is 5.28. The normalized spacial score (nSPS) is 25.8. The molecule has 1 aromatic carbocycles. The first-order valence-corrected chi connectivity index (χ1v) is 9.29. The lowest BCUT2D eigenvalue weighted by Gasteiger charge is -2.56. The zero-order valence-electron chi connectivity index (χ0n) is 15.6. The molecule has 0 N–H and O–H groups in total. The molecule has 0 amide bonds. The summed E-state index contributed by atoms with van der Waals surface area (Å²) in [6.45, 7) is 17.2. The van der Waals surface area contributed by atoms with Gasteiger partial charge in [0.1, 0.15) is 5.82 Å². The van der Waals surface area contributed by atoms with E-state index in [1.54, 1.807) is 12.1 Å². The number of rotatable bonds is 4. The van der Waals surface area contributed by atoms with Crippen LogP contribution < -0.4 is 0 Å². The van der Waals surface area contributed by atoms with Crippen LogP contribution in [0.1, 0.15) is 33.3 Å². The smallest absolute Gasteiger partial charge is 0.123 e. The Morgan fingerprint density at radius 1 is 1.08 bits per heavy atom. The van der Waals surface area contributed by atoms with Gasteiger partial charge in [0.05, 0.1) is 0 Å². The number of hydrogen-bond donors (Lipinski definition) is 0. The molecule has 0 aromatic heterocycles. The number of benzene rings is 1. The molecule has 4 heteroatoms. The van der Waals surface area contributed by atoms with Crippen molar-refractivity contribution in [1.82, 2.24) is 14.7 Å². The van der Waals surface area contributed by atoms with E-state index in [-0.39, 0.29) is 11.4 Å². The van der Waals surface area contributed by atoms with E-state index in [0.29, 0.717) is 12.0 Å². The molecule has 0 spiro atoms. The van der Waals surface area contributed by atoms with E-state index in [2.05, 4.69) is 42.4 Å². The maximum Gasteiger partial charge on any atom is 0.123 e. The summed E-state index contributed by atoms with van der Waals surface area (Å²) in [4.78, 5) is 7.89. The van der Waals surface area contributed by atoms with Crippen molar-refractivity contribution < 1.29 is 4.39 Å². The molecule has 2 aliphatic heterocycles. The number of nitrogens with zero attached hydrogens (tertiary/aromatic N) is 3. The third kappa shape index (κ3) is 4.16. The van der Waals surface area contributed by atoms with E-state index in [1.165, 1.54) is 25.2 Å². The first kappa shape index (κ1) is 17.8. The molecule has 0 aliphatic carbocycles. The zero-order valence-corrected chi connectivity index (χ0v) is 15.6. The van der Waals surface area contributed by atoms with Gasteiger partial charge in [-0.1, -0.05) is 26.0 Å². The minimum absolute atomic E-state index is 0.151. The summed E-state index contributed by atoms with van der Waals surface area (Å²) in [5.74, 6) is 0.563. The summed E-state index contributed by atoms with van der Waals surface area (Å²) in [6.07, 6.45) is 0. The van der Waals surface area contributed by atoms with Gasteiger partial charge >= 0.3 is 0 Å². The Morgan fingerprint density at radius 2 is 1.75 bits per heavy atom. The van der Waals surface area contributed by atoms with Crippen molar-refractivity contribution in [2.75, 3.05) is 39.3 Å². The Hall–Kier alpha value is -0.970. The van der Waals surface area contributed by atoms with Gasteiger partial charge in [-0.2, -0.15) is 0 Å². The first-order valence-electron chi connectivity index (χ1n) is 9.29. The molecule has 3 rings (SSSR count). The third-order valence-corrected chi connectivity index (χ3v) is 5.37. The molecule has 3 nitrogen and oxygen atoms in total. The number of piperazine rings is 2. The number of fused-ring (bicyclic) bond motifs is 1. The van der Waals surface area contributed by atoms with Gasteiger partial charge < -0.3 is 0 Å². The van der Waals surface area contributed by atoms with E-state index in [4.69, 9.17) is 0 Å². The lowest BCUT2D eigenvalue weighted by Crippen LogP contribution is -2.69. The summed E-state index contributed by atoms with van der Waals surface area (Å²) in [6, 6.07) is 7.57.